The molecule has 0 aliphatic carbocycles. The van der Waals surface area contributed by atoms with E-state index >= 15 is 0 Å². The summed E-state index contributed by atoms with van der Waals surface area (Å²) in [6, 6.07) is 6.08. The summed E-state index contributed by atoms with van der Waals surface area (Å²) in [5, 5.41) is 9.49. The Hall–Kier alpha value is -0.750. The van der Waals surface area contributed by atoms with Gasteiger partial charge in [0.15, 0.2) is 0 Å². The molecule has 0 spiro atoms. The van der Waals surface area contributed by atoms with Crippen molar-refractivity contribution in [3.05, 3.63) is 33.8 Å². The van der Waals surface area contributed by atoms with Gasteiger partial charge in [-0.25, -0.2) is 0 Å². The molecular weight excluding hydrogens is 195 g/mol. The van der Waals surface area contributed by atoms with Gasteiger partial charge in [-0.1, -0.05) is 23.2 Å². The fourth-order valence-corrected chi connectivity index (χ4v) is 1.37. The molecular formula is C8H6Cl2N2. The molecule has 4 heteroatoms. The zero-order valence-electron chi connectivity index (χ0n) is 6.09. The molecule has 2 nitrogen and oxygen atoms in total. The van der Waals surface area contributed by atoms with Crippen molar-refractivity contribution in [3.63, 3.8) is 0 Å². The van der Waals surface area contributed by atoms with Gasteiger partial charge in [0.05, 0.1) is 6.07 Å². The zero-order chi connectivity index (χ0) is 9.14. The summed E-state index contributed by atoms with van der Waals surface area (Å²) in [5.74, 6) is 0. The Balaban J connectivity index is 3.10. The number of nitriles is 1. The van der Waals surface area contributed by atoms with Crippen LogP contribution in [0.15, 0.2) is 18.2 Å². The molecule has 0 unspecified atom stereocenters. The molecule has 1 aromatic rings. The molecule has 0 aliphatic heterocycles. The summed E-state index contributed by atoms with van der Waals surface area (Å²) in [6.07, 6.45) is 0. The first-order valence-electron chi connectivity index (χ1n) is 3.24. The first kappa shape index (κ1) is 9.34. The number of hydrogen-bond acceptors (Lipinski definition) is 2. The number of nitrogens with two attached hydrogens (primary N) is 1. The van der Waals surface area contributed by atoms with E-state index in [2.05, 4.69) is 0 Å². The van der Waals surface area contributed by atoms with Crippen molar-refractivity contribution in [3.8, 4) is 6.07 Å². The monoisotopic (exact) mass is 200 g/mol. The highest BCUT2D eigenvalue weighted by Gasteiger charge is 2.05. The summed E-state index contributed by atoms with van der Waals surface area (Å²) in [5.41, 5.74) is 6.09. The third-order valence-electron chi connectivity index (χ3n) is 1.38. The fraction of sp³-hybridized carbons (Fsp3) is 0.125. The van der Waals surface area contributed by atoms with Crippen molar-refractivity contribution in [2.75, 3.05) is 0 Å². The molecule has 2 N–H and O–H groups in total. The van der Waals surface area contributed by atoms with Crippen LogP contribution in [0, 0.1) is 11.3 Å². The Morgan fingerprint density at radius 2 is 1.75 bits per heavy atom. The van der Waals surface area contributed by atoms with E-state index in [1.54, 1.807) is 18.2 Å². The smallest absolute Gasteiger partial charge is 0.118 e. The third kappa shape index (κ3) is 2.12. The molecule has 0 aromatic heterocycles. The summed E-state index contributed by atoms with van der Waals surface area (Å²) in [6.45, 7) is 0. The SMILES string of the molecule is N#C[C@@H](N)c1cc(Cl)cc(Cl)c1. The van der Waals surface area contributed by atoms with Gasteiger partial charge in [0.1, 0.15) is 6.04 Å². The molecule has 1 rings (SSSR count). The van der Waals surface area contributed by atoms with Gasteiger partial charge in [0.25, 0.3) is 0 Å². The lowest BCUT2D eigenvalue weighted by Crippen LogP contribution is -2.06. The summed E-state index contributed by atoms with van der Waals surface area (Å²) < 4.78 is 0. The van der Waals surface area contributed by atoms with E-state index in [4.69, 9.17) is 34.2 Å². The first-order chi connectivity index (χ1) is 5.63. The van der Waals surface area contributed by atoms with Crippen LogP contribution in [0.4, 0.5) is 0 Å². The van der Waals surface area contributed by atoms with E-state index in [1.165, 1.54) is 0 Å². The molecule has 0 radical (unpaired) electrons. The quantitative estimate of drug-likeness (QED) is 0.758. The molecule has 0 saturated carbocycles. The molecule has 1 atom stereocenters. The molecule has 0 heterocycles. The Bertz CT molecular complexity index is 310. The topological polar surface area (TPSA) is 49.8 Å². The summed E-state index contributed by atoms with van der Waals surface area (Å²) in [4.78, 5) is 0. The van der Waals surface area contributed by atoms with Gasteiger partial charge >= 0.3 is 0 Å². The maximum atomic E-state index is 8.51. The van der Waals surface area contributed by atoms with Gasteiger partial charge < -0.3 is 5.73 Å². The van der Waals surface area contributed by atoms with E-state index in [-0.39, 0.29) is 0 Å². The van der Waals surface area contributed by atoms with Crippen LogP contribution in [0.5, 0.6) is 0 Å². The summed E-state index contributed by atoms with van der Waals surface area (Å²) in [7, 11) is 0. The average Bonchev–Trinajstić information content (AvgIpc) is 2.01. The minimum absolute atomic E-state index is 0.489. The Kier molecular flexibility index (Phi) is 2.93. The van der Waals surface area contributed by atoms with Crippen LogP contribution in [0.2, 0.25) is 10.0 Å². The van der Waals surface area contributed by atoms with Crippen molar-refractivity contribution in [2.24, 2.45) is 5.73 Å². The molecule has 1 aromatic carbocycles. The molecule has 0 amide bonds. The lowest BCUT2D eigenvalue weighted by molar-refractivity contribution is 0.926. The van der Waals surface area contributed by atoms with E-state index < -0.39 is 6.04 Å². The minimum atomic E-state index is -0.666. The van der Waals surface area contributed by atoms with Gasteiger partial charge in [-0.05, 0) is 23.8 Å². The first-order valence-corrected chi connectivity index (χ1v) is 4.00. The second kappa shape index (κ2) is 3.77. The van der Waals surface area contributed by atoms with Crippen molar-refractivity contribution in [1.29, 1.82) is 5.26 Å². The Morgan fingerprint density at radius 1 is 1.25 bits per heavy atom. The van der Waals surface area contributed by atoms with Crippen molar-refractivity contribution < 1.29 is 0 Å². The number of benzene rings is 1. The van der Waals surface area contributed by atoms with E-state index in [0.717, 1.165) is 0 Å². The highest BCUT2D eigenvalue weighted by Crippen LogP contribution is 2.21. The van der Waals surface area contributed by atoms with Crippen LogP contribution in [-0.4, -0.2) is 0 Å². The maximum Gasteiger partial charge on any atom is 0.118 e. The number of hydrogen-bond donors (Lipinski definition) is 1. The van der Waals surface area contributed by atoms with Crippen LogP contribution < -0.4 is 5.73 Å². The molecule has 0 fully saturated rings. The van der Waals surface area contributed by atoms with Gasteiger partial charge in [0, 0.05) is 10.0 Å². The summed E-state index contributed by atoms with van der Waals surface area (Å²) >= 11 is 11.4. The Labute approximate surface area is 80.5 Å². The minimum Gasteiger partial charge on any atom is -0.312 e. The predicted molar refractivity (Wildman–Crippen MR) is 49.0 cm³/mol. The third-order valence-corrected chi connectivity index (χ3v) is 1.82. The molecule has 12 heavy (non-hydrogen) atoms. The zero-order valence-corrected chi connectivity index (χ0v) is 7.60. The van der Waals surface area contributed by atoms with Crippen LogP contribution in [0.3, 0.4) is 0 Å². The molecule has 0 saturated heterocycles. The van der Waals surface area contributed by atoms with Crippen LogP contribution in [-0.2, 0) is 0 Å². The second-order valence-corrected chi connectivity index (χ2v) is 3.18. The predicted octanol–water partition coefficient (Wildman–Crippen LogP) is 2.52. The second-order valence-electron chi connectivity index (χ2n) is 2.31. The average molecular weight is 201 g/mol. The maximum absolute atomic E-state index is 8.51. The molecule has 0 aliphatic rings. The number of halogens is 2. The van der Waals surface area contributed by atoms with E-state index in [0.29, 0.717) is 15.6 Å². The van der Waals surface area contributed by atoms with Crippen LogP contribution in [0.1, 0.15) is 11.6 Å². The van der Waals surface area contributed by atoms with Crippen LogP contribution >= 0.6 is 23.2 Å². The van der Waals surface area contributed by atoms with Crippen molar-refractivity contribution in [2.45, 2.75) is 6.04 Å². The lowest BCUT2D eigenvalue weighted by Gasteiger charge is -2.03. The Morgan fingerprint density at radius 3 is 2.17 bits per heavy atom. The largest absolute Gasteiger partial charge is 0.312 e. The van der Waals surface area contributed by atoms with Gasteiger partial charge in [0.2, 0.25) is 0 Å². The van der Waals surface area contributed by atoms with Crippen molar-refractivity contribution >= 4 is 23.2 Å². The van der Waals surface area contributed by atoms with Gasteiger partial charge in [-0.2, -0.15) is 5.26 Å². The van der Waals surface area contributed by atoms with E-state index in [1.807, 2.05) is 6.07 Å². The van der Waals surface area contributed by atoms with Crippen molar-refractivity contribution in [1.82, 2.24) is 0 Å². The van der Waals surface area contributed by atoms with Gasteiger partial charge in [-0.15, -0.1) is 0 Å². The molecule has 62 valence electrons. The number of nitrogens with zero attached hydrogens (tertiary/aromatic N) is 1. The highest BCUT2D eigenvalue weighted by molar-refractivity contribution is 6.34. The highest BCUT2D eigenvalue weighted by atomic mass is 35.5. The van der Waals surface area contributed by atoms with E-state index in [9.17, 15) is 0 Å². The normalized spacial score (nSPS) is 12.2. The van der Waals surface area contributed by atoms with Crippen LogP contribution in [0.25, 0.3) is 0 Å². The standard InChI is InChI=1S/C8H6Cl2N2/c9-6-1-5(8(12)4-11)2-7(10)3-6/h1-3,8H,12H2/t8-/m1/s1. The molecule has 0 bridgehead atoms. The lowest BCUT2D eigenvalue weighted by atomic mass is 10.1. The van der Waals surface area contributed by atoms with Gasteiger partial charge in [-0.3, -0.25) is 0 Å². The fourth-order valence-electron chi connectivity index (χ4n) is 0.829. The number of rotatable bonds is 1.